The molecule has 0 aliphatic heterocycles. The van der Waals surface area contributed by atoms with Crippen LogP contribution in [0.2, 0.25) is 0 Å². The van der Waals surface area contributed by atoms with E-state index in [2.05, 4.69) is 5.10 Å². The first-order valence-corrected chi connectivity index (χ1v) is 6.20. The second kappa shape index (κ2) is 5.75. The fraction of sp³-hybridized carbons (Fsp3) is 0.357. The van der Waals surface area contributed by atoms with E-state index in [-0.39, 0.29) is 6.61 Å². The zero-order valence-electron chi connectivity index (χ0n) is 11.4. The third kappa shape index (κ3) is 2.71. The third-order valence-corrected chi connectivity index (χ3v) is 2.80. The number of aliphatic hydroxyl groups excluding tert-OH is 1. The van der Waals surface area contributed by atoms with E-state index >= 15 is 0 Å². The molecule has 5 heteroatoms. The molecule has 0 aliphatic rings. The van der Waals surface area contributed by atoms with E-state index in [0.29, 0.717) is 29.5 Å². The van der Waals surface area contributed by atoms with E-state index in [0.717, 1.165) is 5.69 Å². The van der Waals surface area contributed by atoms with E-state index in [1.165, 1.54) is 0 Å². The van der Waals surface area contributed by atoms with Gasteiger partial charge in [0.15, 0.2) is 11.5 Å². The topological polar surface area (TPSA) is 56.5 Å². The number of aliphatic hydroxyl groups is 1. The summed E-state index contributed by atoms with van der Waals surface area (Å²) in [6, 6.07) is 7.44. The Bertz CT molecular complexity index is 564. The largest absolute Gasteiger partial charge is 0.490 e. The van der Waals surface area contributed by atoms with Gasteiger partial charge in [0.1, 0.15) is 0 Å². The number of benzene rings is 1. The van der Waals surface area contributed by atoms with Crippen LogP contribution in [0, 0.1) is 6.92 Å². The van der Waals surface area contributed by atoms with Gasteiger partial charge in [-0.3, -0.25) is 0 Å². The second-order valence-corrected chi connectivity index (χ2v) is 4.13. The van der Waals surface area contributed by atoms with Gasteiger partial charge in [-0.1, -0.05) is 12.1 Å². The first-order chi connectivity index (χ1) is 9.17. The number of aromatic nitrogens is 2. The van der Waals surface area contributed by atoms with E-state index in [1.807, 2.05) is 38.1 Å². The Morgan fingerprint density at radius 1 is 1.26 bits per heavy atom. The molecule has 0 amide bonds. The normalized spacial score (nSPS) is 10.5. The van der Waals surface area contributed by atoms with Gasteiger partial charge in [-0.05, 0) is 26.0 Å². The van der Waals surface area contributed by atoms with Gasteiger partial charge in [0.05, 0.1) is 24.5 Å². The Balaban J connectivity index is 2.36. The minimum Gasteiger partial charge on any atom is -0.490 e. The van der Waals surface area contributed by atoms with Crippen LogP contribution < -0.4 is 9.47 Å². The third-order valence-electron chi connectivity index (χ3n) is 2.80. The van der Waals surface area contributed by atoms with E-state index in [1.54, 1.807) is 11.7 Å². The molecule has 5 nitrogen and oxygen atoms in total. The number of hydrogen-bond donors (Lipinski definition) is 1. The zero-order valence-corrected chi connectivity index (χ0v) is 11.4. The number of nitrogens with zero attached hydrogens (tertiary/aromatic N) is 2. The Labute approximate surface area is 112 Å². The highest BCUT2D eigenvalue weighted by Crippen LogP contribution is 2.33. The molecule has 2 rings (SSSR count). The molecule has 2 aromatic rings. The smallest absolute Gasteiger partial charge is 0.223 e. The fourth-order valence-corrected chi connectivity index (χ4v) is 1.90. The van der Waals surface area contributed by atoms with E-state index < -0.39 is 0 Å². The van der Waals surface area contributed by atoms with Crippen molar-refractivity contribution in [1.29, 1.82) is 0 Å². The van der Waals surface area contributed by atoms with Gasteiger partial charge < -0.3 is 14.6 Å². The van der Waals surface area contributed by atoms with Crippen LogP contribution in [0.4, 0.5) is 0 Å². The molecule has 0 saturated carbocycles. The van der Waals surface area contributed by atoms with Crippen LogP contribution in [0.3, 0.4) is 0 Å². The van der Waals surface area contributed by atoms with Crippen LogP contribution in [-0.2, 0) is 13.7 Å². The van der Waals surface area contributed by atoms with E-state index in [4.69, 9.17) is 9.47 Å². The van der Waals surface area contributed by atoms with Crippen molar-refractivity contribution in [3.05, 3.63) is 35.5 Å². The molecule has 0 spiro atoms. The maximum Gasteiger partial charge on any atom is 0.223 e. The zero-order chi connectivity index (χ0) is 13.8. The summed E-state index contributed by atoms with van der Waals surface area (Å²) >= 11 is 0. The highest BCUT2D eigenvalue weighted by molar-refractivity contribution is 5.43. The molecule has 1 aromatic heterocycles. The van der Waals surface area contributed by atoms with Crippen LogP contribution in [0.1, 0.15) is 18.2 Å². The molecule has 1 heterocycles. The Morgan fingerprint density at radius 2 is 1.95 bits per heavy atom. The van der Waals surface area contributed by atoms with Crippen molar-refractivity contribution in [3.63, 3.8) is 0 Å². The molecule has 1 N–H and O–H groups in total. The molecule has 0 bridgehead atoms. The molecule has 102 valence electrons. The lowest BCUT2D eigenvalue weighted by Gasteiger charge is -2.12. The van der Waals surface area contributed by atoms with Crippen molar-refractivity contribution in [2.45, 2.75) is 20.5 Å². The highest BCUT2D eigenvalue weighted by Gasteiger charge is 2.16. The standard InChI is InChI=1S/C14H18N2O3/c1-4-18-12-7-5-6-8-13(12)19-14-11(9-17)10(2)15-16(14)3/h5-8,17H,4,9H2,1-3H3. The Morgan fingerprint density at radius 3 is 2.58 bits per heavy atom. The van der Waals surface area contributed by atoms with Crippen LogP contribution in [0.5, 0.6) is 17.4 Å². The monoisotopic (exact) mass is 262 g/mol. The number of hydrogen-bond acceptors (Lipinski definition) is 4. The summed E-state index contributed by atoms with van der Waals surface area (Å²) in [6.45, 7) is 4.22. The van der Waals surface area contributed by atoms with Crippen LogP contribution in [0.25, 0.3) is 0 Å². The Kier molecular flexibility index (Phi) is 4.06. The lowest BCUT2D eigenvalue weighted by Crippen LogP contribution is -1.99. The Hall–Kier alpha value is -2.01. The van der Waals surface area contributed by atoms with Gasteiger partial charge in [-0.2, -0.15) is 5.10 Å². The van der Waals surface area contributed by atoms with Crippen molar-refractivity contribution in [1.82, 2.24) is 9.78 Å². The van der Waals surface area contributed by atoms with Crippen molar-refractivity contribution >= 4 is 0 Å². The minimum atomic E-state index is -0.105. The van der Waals surface area contributed by atoms with Gasteiger partial charge >= 0.3 is 0 Å². The van der Waals surface area contributed by atoms with Crippen LogP contribution in [-0.4, -0.2) is 21.5 Å². The summed E-state index contributed by atoms with van der Waals surface area (Å²) in [4.78, 5) is 0. The SMILES string of the molecule is CCOc1ccccc1Oc1c(CO)c(C)nn1C. The molecule has 0 fully saturated rings. The maximum atomic E-state index is 9.40. The summed E-state index contributed by atoms with van der Waals surface area (Å²) in [6.07, 6.45) is 0. The summed E-state index contributed by atoms with van der Waals surface area (Å²) in [5.41, 5.74) is 1.45. The molecule has 0 atom stereocenters. The molecule has 19 heavy (non-hydrogen) atoms. The average molecular weight is 262 g/mol. The van der Waals surface area contributed by atoms with Gasteiger partial charge in [-0.15, -0.1) is 0 Å². The van der Waals surface area contributed by atoms with Gasteiger partial charge in [0.2, 0.25) is 5.88 Å². The summed E-state index contributed by atoms with van der Waals surface area (Å²) in [7, 11) is 1.78. The van der Waals surface area contributed by atoms with E-state index in [9.17, 15) is 5.11 Å². The van der Waals surface area contributed by atoms with Crippen molar-refractivity contribution in [2.24, 2.45) is 7.05 Å². The predicted molar refractivity (Wildman–Crippen MR) is 71.6 cm³/mol. The van der Waals surface area contributed by atoms with Gasteiger partial charge in [-0.25, -0.2) is 4.68 Å². The average Bonchev–Trinajstić information content (AvgIpc) is 2.66. The molecule has 0 saturated heterocycles. The number of para-hydroxylation sites is 2. The first kappa shape index (κ1) is 13.4. The first-order valence-electron chi connectivity index (χ1n) is 6.20. The number of ether oxygens (including phenoxy) is 2. The van der Waals surface area contributed by atoms with Crippen LogP contribution in [0.15, 0.2) is 24.3 Å². The lowest BCUT2D eigenvalue weighted by atomic mass is 10.2. The summed E-state index contributed by atoms with van der Waals surface area (Å²) in [5, 5.41) is 13.6. The lowest BCUT2D eigenvalue weighted by molar-refractivity contribution is 0.272. The highest BCUT2D eigenvalue weighted by atomic mass is 16.5. The number of rotatable bonds is 5. The quantitative estimate of drug-likeness (QED) is 0.899. The molecular weight excluding hydrogens is 244 g/mol. The summed E-state index contributed by atoms with van der Waals surface area (Å²) < 4.78 is 13.0. The number of aryl methyl sites for hydroxylation is 2. The molecule has 0 radical (unpaired) electrons. The van der Waals surface area contributed by atoms with Crippen molar-refractivity contribution in [3.8, 4) is 17.4 Å². The minimum absolute atomic E-state index is 0.105. The molecule has 0 unspecified atom stereocenters. The molecule has 1 aromatic carbocycles. The van der Waals surface area contributed by atoms with Crippen LogP contribution >= 0.6 is 0 Å². The van der Waals surface area contributed by atoms with Crippen molar-refractivity contribution in [2.75, 3.05) is 6.61 Å². The fourth-order valence-electron chi connectivity index (χ4n) is 1.90. The molecular formula is C14H18N2O3. The molecule has 0 aliphatic carbocycles. The second-order valence-electron chi connectivity index (χ2n) is 4.13. The van der Waals surface area contributed by atoms with Gasteiger partial charge in [0, 0.05) is 7.05 Å². The maximum absolute atomic E-state index is 9.40. The van der Waals surface area contributed by atoms with Gasteiger partial charge in [0.25, 0.3) is 0 Å². The predicted octanol–water partition coefficient (Wildman–Crippen LogP) is 2.41. The van der Waals surface area contributed by atoms with Crippen molar-refractivity contribution < 1.29 is 14.6 Å². The summed E-state index contributed by atoms with van der Waals surface area (Å²) in [5.74, 6) is 1.82.